The smallest absolute Gasteiger partial charge is 0.126 e. The van der Waals surface area contributed by atoms with Gasteiger partial charge >= 0.3 is 0 Å². The van der Waals surface area contributed by atoms with Crippen LogP contribution in [-0.4, -0.2) is 35.5 Å². The van der Waals surface area contributed by atoms with Crippen LogP contribution >= 0.6 is 68.8 Å². The number of thiophene rings is 2. The van der Waals surface area contributed by atoms with Crippen LogP contribution in [0.1, 0.15) is 155 Å². The highest BCUT2D eigenvalue weighted by molar-refractivity contribution is 7.32. The highest BCUT2D eigenvalue weighted by atomic mass is 32.1. The van der Waals surface area contributed by atoms with E-state index in [2.05, 4.69) is 151 Å². The molecule has 0 spiro atoms. The van der Waals surface area contributed by atoms with Crippen molar-refractivity contribution in [3.05, 3.63) is 83.9 Å². The van der Waals surface area contributed by atoms with E-state index < -0.39 is 8.07 Å². The topological polar surface area (TPSA) is 77.3 Å². The van der Waals surface area contributed by atoms with Gasteiger partial charge in [-0.05, 0) is 119 Å². The molecule has 1 aliphatic heterocycles. The number of rotatable bonds is 22. The van der Waals surface area contributed by atoms with Gasteiger partial charge in [-0.1, -0.05) is 144 Å². The van der Waals surface area contributed by atoms with Crippen molar-refractivity contribution in [2.24, 2.45) is 11.8 Å². The van der Waals surface area contributed by atoms with Crippen LogP contribution in [0.4, 0.5) is 0 Å². The number of para-hydroxylation sites is 2. The third kappa shape index (κ3) is 9.32. The van der Waals surface area contributed by atoms with Gasteiger partial charge in [0.1, 0.15) is 40.2 Å². The summed E-state index contributed by atoms with van der Waals surface area (Å²) >= 11 is 10.4. The van der Waals surface area contributed by atoms with Gasteiger partial charge in [0.25, 0.3) is 0 Å². The number of benzene rings is 4. The second-order valence-electron chi connectivity index (χ2n) is 21.1. The first-order valence-electron chi connectivity index (χ1n) is 27.3. The largest absolute Gasteiger partial charge is 0.236 e. The Labute approximate surface area is 457 Å². The minimum atomic E-state index is -2.42. The number of aromatic nitrogens is 6. The summed E-state index contributed by atoms with van der Waals surface area (Å²) in [5.74, 6) is 2.07. The minimum Gasteiger partial charge on any atom is -0.236 e. The molecule has 378 valence electrons. The summed E-state index contributed by atoms with van der Waals surface area (Å²) in [6.45, 7) is 19.2. The third-order valence-corrected chi connectivity index (χ3v) is 27.7. The zero-order chi connectivity index (χ0) is 50.4. The number of hydrogen-bond acceptors (Lipinski definition) is 12. The molecule has 1 aliphatic rings. The fourth-order valence-corrected chi connectivity index (χ4v) is 26.0. The highest BCUT2D eigenvalue weighted by Gasteiger charge is 2.50. The zero-order valence-electron chi connectivity index (χ0n) is 43.8. The normalized spacial score (nSPS) is 16.3. The van der Waals surface area contributed by atoms with Gasteiger partial charge < -0.3 is 0 Å². The Morgan fingerprint density at radius 3 is 1.30 bits per heavy atom. The van der Waals surface area contributed by atoms with E-state index in [1.54, 1.807) is 33.0 Å². The third-order valence-electron chi connectivity index (χ3n) is 16.2. The maximum absolute atomic E-state index is 5.25. The van der Waals surface area contributed by atoms with Crippen molar-refractivity contribution in [2.75, 3.05) is 0 Å². The molecule has 6 nitrogen and oxygen atoms in total. The molecular formula is C60H68N6S6Si. The van der Waals surface area contributed by atoms with Crippen molar-refractivity contribution in [2.45, 2.75) is 156 Å². The van der Waals surface area contributed by atoms with Crippen molar-refractivity contribution in [3.63, 3.8) is 0 Å². The van der Waals surface area contributed by atoms with Crippen LogP contribution in [0.3, 0.4) is 0 Å². The standard InChI is InChI=1S/C60H68N6S6Si/c1-9-15-23-37(13-5)33-73(34-38(14-6)24-16-10-2)49-31-47(51-39(35(7)21-11-3)29-41(53-55(51)65-71-63-53)59-61-43-25-17-19-27-45(43)69-59)67-57(49)58-50(73)32-48(68-58)52-40(36(8)22-12-4)30-42(54-56(52)66-72-64-54)60-62-44-26-18-20-28-46(44)70-60/h17-20,25-32,35-38H,9-16,21-24,33-34H2,1-8H3. The van der Waals surface area contributed by atoms with Crippen LogP contribution in [0.5, 0.6) is 0 Å². The van der Waals surface area contributed by atoms with Crippen molar-refractivity contribution in [3.8, 4) is 51.8 Å². The summed E-state index contributed by atoms with van der Waals surface area (Å²) in [5.41, 5.74) is 13.8. The first kappa shape index (κ1) is 51.0. The molecule has 7 heterocycles. The fraction of sp³-hybridized carbons (Fsp3) is 0.433. The van der Waals surface area contributed by atoms with Crippen molar-refractivity contribution in [1.29, 1.82) is 0 Å². The molecule has 0 saturated carbocycles. The SMILES string of the molecule is CCCCC(CC)C[Si]1(CC(CC)CCCC)c2cc(-c3c(C(C)CCC)cc(-c4nc5ccccc5s4)c4nsnc34)sc2-c2sc(-c3c(C(C)CCC)cc(-c4nc5ccccc5s4)c4nsnc34)cc21. The second kappa shape index (κ2) is 21.9. The Bertz CT molecular complexity index is 3260. The van der Waals surface area contributed by atoms with Crippen molar-refractivity contribution < 1.29 is 0 Å². The molecule has 0 radical (unpaired) electrons. The molecule has 0 N–H and O–H groups in total. The molecule has 0 bridgehead atoms. The Balaban J connectivity index is 1.16. The molecule has 4 aromatic carbocycles. The fourth-order valence-electron chi connectivity index (χ4n) is 12.3. The number of unbranched alkanes of at least 4 members (excludes halogenated alkanes) is 2. The van der Waals surface area contributed by atoms with Gasteiger partial charge in [-0.15, -0.1) is 45.3 Å². The average Bonchev–Trinajstić information content (AvgIpc) is 4.28. The molecular weight excluding hydrogens is 1030 g/mol. The molecule has 6 aromatic heterocycles. The molecule has 11 rings (SSSR count). The van der Waals surface area contributed by atoms with Crippen LogP contribution < -0.4 is 10.4 Å². The van der Waals surface area contributed by atoms with E-state index in [9.17, 15) is 0 Å². The lowest BCUT2D eigenvalue weighted by Crippen LogP contribution is -2.56. The zero-order valence-corrected chi connectivity index (χ0v) is 49.7. The van der Waals surface area contributed by atoms with Gasteiger partial charge in [0.15, 0.2) is 0 Å². The summed E-state index contributed by atoms with van der Waals surface area (Å²) in [6.07, 6.45) is 14.6. The van der Waals surface area contributed by atoms with Crippen LogP contribution in [0.2, 0.25) is 12.1 Å². The van der Waals surface area contributed by atoms with Gasteiger partial charge in [0.05, 0.1) is 43.9 Å². The van der Waals surface area contributed by atoms with E-state index in [0.29, 0.717) is 23.7 Å². The van der Waals surface area contributed by atoms with Gasteiger partial charge in [0, 0.05) is 41.8 Å². The second-order valence-corrected chi connectivity index (χ2v) is 30.4. The van der Waals surface area contributed by atoms with E-state index >= 15 is 0 Å². The van der Waals surface area contributed by atoms with Crippen molar-refractivity contribution >= 4 is 130 Å². The molecule has 4 atom stereocenters. The average molecular weight is 1090 g/mol. The molecule has 73 heavy (non-hydrogen) atoms. The predicted octanol–water partition coefficient (Wildman–Crippen LogP) is 19.5. The lowest BCUT2D eigenvalue weighted by atomic mass is 9.89. The van der Waals surface area contributed by atoms with E-state index in [1.807, 2.05) is 0 Å². The maximum Gasteiger partial charge on any atom is 0.126 e. The highest BCUT2D eigenvalue weighted by Crippen LogP contribution is 2.53. The summed E-state index contributed by atoms with van der Waals surface area (Å²) in [7, 11) is -2.42. The van der Waals surface area contributed by atoms with E-state index in [1.165, 1.54) is 138 Å². The first-order valence-corrected chi connectivity index (χ1v) is 34.5. The van der Waals surface area contributed by atoms with Gasteiger partial charge in [-0.2, -0.15) is 17.5 Å². The molecule has 0 amide bonds. The van der Waals surface area contributed by atoms with Crippen LogP contribution in [0.15, 0.2) is 72.8 Å². The quantitative estimate of drug-likeness (QED) is 0.0630. The van der Waals surface area contributed by atoms with Gasteiger partial charge in [-0.25, -0.2) is 9.97 Å². The Morgan fingerprint density at radius 1 is 0.479 bits per heavy atom. The van der Waals surface area contributed by atoms with Gasteiger partial charge in [-0.3, -0.25) is 0 Å². The van der Waals surface area contributed by atoms with E-state index in [0.717, 1.165) is 79.9 Å². The van der Waals surface area contributed by atoms with E-state index in [4.69, 9.17) is 27.5 Å². The van der Waals surface area contributed by atoms with Crippen LogP contribution in [0, 0.1) is 11.8 Å². The van der Waals surface area contributed by atoms with Gasteiger partial charge in [0.2, 0.25) is 0 Å². The number of fused-ring (bicyclic) bond motifs is 7. The summed E-state index contributed by atoms with van der Waals surface area (Å²) < 4.78 is 23.2. The lowest BCUT2D eigenvalue weighted by Gasteiger charge is -2.35. The number of hydrogen-bond donors (Lipinski definition) is 0. The molecule has 4 unspecified atom stereocenters. The molecule has 0 saturated heterocycles. The predicted molar refractivity (Wildman–Crippen MR) is 326 cm³/mol. The van der Waals surface area contributed by atoms with Crippen molar-refractivity contribution in [1.82, 2.24) is 27.5 Å². The molecule has 0 fully saturated rings. The Morgan fingerprint density at radius 2 is 0.904 bits per heavy atom. The monoisotopic (exact) mass is 1090 g/mol. The summed E-state index contributed by atoms with van der Waals surface area (Å²) in [6, 6.07) is 30.1. The van der Waals surface area contributed by atoms with Crippen LogP contribution in [-0.2, 0) is 0 Å². The number of nitrogens with zero attached hydrogens (tertiary/aromatic N) is 6. The minimum absolute atomic E-state index is 0.350. The first-order chi connectivity index (χ1) is 35.7. The molecule has 10 aromatic rings. The maximum atomic E-state index is 5.25. The Kier molecular flexibility index (Phi) is 15.3. The number of thiazole rings is 2. The van der Waals surface area contributed by atoms with E-state index in [-0.39, 0.29) is 0 Å². The molecule has 13 heteroatoms. The Hall–Kier alpha value is -4.08. The lowest BCUT2D eigenvalue weighted by molar-refractivity contribution is 0.469. The van der Waals surface area contributed by atoms with Crippen LogP contribution in [0.25, 0.3) is 94.3 Å². The summed E-state index contributed by atoms with van der Waals surface area (Å²) in [4.78, 5) is 16.2. The molecule has 0 aliphatic carbocycles. The summed E-state index contributed by atoms with van der Waals surface area (Å²) in [5, 5.41) is 5.48.